The lowest BCUT2D eigenvalue weighted by atomic mass is 10.0. The summed E-state index contributed by atoms with van der Waals surface area (Å²) in [6.07, 6.45) is 6.85. The number of rotatable bonds is 4. The van der Waals surface area contributed by atoms with Crippen LogP contribution in [0.2, 0.25) is 0 Å². The summed E-state index contributed by atoms with van der Waals surface area (Å²) in [4.78, 5) is 18.3. The number of fused-ring (bicyclic) bond motifs is 1. The van der Waals surface area contributed by atoms with E-state index in [1.165, 1.54) is 5.56 Å². The molecule has 0 radical (unpaired) electrons. The summed E-state index contributed by atoms with van der Waals surface area (Å²) in [5.41, 5.74) is 10.4. The van der Waals surface area contributed by atoms with Crippen molar-refractivity contribution in [2.75, 3.05) is 11.4 Å². The van der Waals surface area contributed by atoms with E-state index in [0.29, 0.717) is 5.56 Å². The van der Waals surface area contributed by atoms with Crippen molar-refractivity contribution >= 4 is 17.4 Å². The molecule has 120 valence electrons. The molecule has 5 nitrogen and oxygen atoms in total. The standard InChI is InChI=1S/C19H17N3O2/c20-19(23)16-2-1-3-17-15(16)5-8-22(17)18-11-13(4-7-21-18)10-14-6-9-24-12-14/h1-4,6-7,9,11-12H,5,8,10H2,(H2,20,23). The number of carbonyl (C=O) groups is 1. The molecule has 0 atom stereocenters. The number of hydrogen-bond donors (Lipinski definition) is 1. The van der Waals surface area contributed by atoms with Crippen LogP contribution in [-0.4, -0.2) is 17.4 Å². The molecule has 0 aliphatic carbocycles. The molecule has 4 rings (SSSR count). The fourth-order valence-electron chi connectivity index (χ4n) is 3.25. The maximum atomic E-state index is 11.6. The first-order valence-corrected chi connectivity index (χ1v) is 7.87. The Kier molecular flexibility index (Phi) is 3.54. The van der Waals surface area contributed by atoms with Gasteiger partial charge in [0.25, 0.3) is 0 Å². The van der Waals surface area contributed by atoms with Gasteiger partial charge in [-0.25, -0.2) is 4.98 Å². The monoisotopic (exact) mass is 319 g/mol. The van der Waals surface area contributed by atoms with E-state index in [0.717, 1.165) is 42.0 Å². The molecule has 24 heavy (non-hydrogen) atoms. The van der Waals surface area contributed by atoms with Crippen LogP contribution in [0.4, 0.5) is 11.5 Å². The van der Waals surface area contributed by atoms with Crippen LogP contribution < -0.4 is 10.6 Å². The summed E-state index contributed by atoms with van der Waals surface area (Å²) in [6.45, 7) is 0.793. The van der Waals surface area contributed by atoms with Gasteiger partial charge in [0.2, 0.25) is 5.91 Å². The molecule has 0 saturated carbocycles. The molecule has 2 aromatic heterocycles. The Balaban J connectivity index is 1.67. The summed E-state index contributed by atoms with van der Waals surface area (Å²) in [7, 11) is 0. The van der Waals surface area contributed by atoms with Gasteiger partial charge in [-0.1, -0.05) is 6.07 Å². The first kappa shape index (κ1) is 14.5. The lowest BCUT2D eigenvalue weighted by molar-refractivity contribution is 0.0999. The van der Waals surface area contributed by atoms with Crippen molar-refractivity contribution < 1.29 is 9.21 Å². The maximum absolute atomic E-state index is 11.6. The van der Waals surface area contributed by atoms with Crippen molar-refractivity contribution in [2.24, 2.45) is 5.73 Å². The minimum atomic E-state index is -0.379. The number of primary amides is 1. The molecule has 3 aromatic rings. The smallest absolute Gasteiger partial charge is 0.249 e. The number of nitrogens with zero attached hydrogens (tertiary/aromatic N) is 2. The second-order valence-electron chi connectivity index (χ2n) is 5.90. The number of carbonyl (C=O) groups excluding carboxylic acids is 1. The van der Waals surface area contributed by atoms with Crippen LogP contribution in [0.1, 0.15) is 27.0 Å². The minimum Gasteiger partial charge on any atom is -0.472 e. The highest BCUT2D eigenvalue weighted by atomic mass is 16.3. The molecular weight excluding hydrogens is 302 g/mol. The molecule has 0 saturated heterocycles. The van der Waals surface area contributed by atoms with Crippen molar-refractivity contribution in [3.05, 3.63) is 77.4 Å². The molecule has 0 unspecified atom stereocenters. The molecule has 0 spiro atoms. The van der Waals surface area contributed by atoms with E-state index >= 15 is 0 Å². The van der Waals surface area contributed by atoms with Gasteiger partial charge in [-0.3, -0.25) is 4.79 Å². The van der Waals surface area contributed by atoms with Crippen LogP contribution >= 0.6 is 0 Å². The van der Waals surface area contributed by atoms with Crippen molar-refractivity contribution in [2.45, 2.75) is 12.8 Å². The van der Waals surface area contributed by atoms with Gasteiger partial charge in [0.05, 0.1) is 12.5 Å². The average molecular weight is 319 g/mol. The predicted octanol–water partition coefficient (Wildman–Crippen LogP) is 3.06. The predicted molar refractivity (Wildman–Crippen MR) is 91.4 cm³/mol. The van der Waals surface area contributed by atoms with Gasteiger partial charge >= 0.3 is 0 Å². The topological polar surface area (TPSA) is 72.4 Å². The molecule has 1 amide bonds. The number of benzene rings is 1. The van der Waals surface area contributed by atoms with E-state index in [9.17, 15) is 4.79 Å². The first-order chi connectivity index (χ1) is 11.7. The molecule has 2 N–H and O–H groups in total. The molecule has 5 heteroatoms. The van der Waals surface area contributed by atoms with Crippen molar-refractivity contribution in [1.29, 1.82) is 0 Å². The van der Waals surface area contributed by atoms with Gasteiger partial charge in [0, 0.05) is 30.4 Å². The van der Waals surface area contributed by atoms with Gasteiger partial charge in [-0.05, 0) is 53.4 Å². The van der Waals surface area contributed by atoms with E-state index in [-0.39, 0.29) is 5.91 Å². The van der Waals surface area contributed by atoms with Crippen molar-refractivity contribution in [1.82, 2.24) is 4.98 Å². The number of amides is 1. The Morgan fingerprint density at radius 3 is 2.96 bits per heavy atom. The third kappa shape index (κ3) is 2.54. The fourth-order valence-corrected chi connectivity index (χ4v) is 3.25. The van der Waals surface area contributed by atoms with Gasteiger partial charge < -0.3 is 15.1 Å². The summed E-state index contributed by atoms with van der Waals surface area (Å²) < 4.78 is 5.13. The SMILES string of the molecule is NC(=O)c1cccc2c1CCN2c1cc(Cc2ccoc2)ccn1. The highest BCUT2D eigenvalue weighted by Crippen LogP contribution is 2.35. The third-order valence-electron chi connectivity index (χ3n) is 4.37. The van der Waals surface area contributed by atoms with Crippen LogP contribution in [0, 0.1) is 0 Å². The summed E-state index contributed by atoms with van der Waals surface area (Å²) in [5, 5.41) is 0. The quantitative estimate of drug-likeness (QED) is 0.802. The van der Waals surface area contributed by atoms with E-state index in [4.69, 9.17) is 10.2 Å². The molecule has 1 aliphatic heterocycles. The summed E-state index contributed by atoms with van der Waals surface area (Å²) in [6, 6.07) is 11.7. The number of nitrogens with two attached hydrogens (primary N) is 1. The molecule has 1 aliphatic rings. The number of pyridine rings is 1. The Morgan fingerprint density at radius 2 is 2.17 bits per heavy atom. The van der Waals surface area contributed by atoms with E-state index < -0.39 is 0 Å². The first-order valence-electron chi connectivity index (χ1n) is 7.87. The van der Waals surface area contributed by atoms with Gasteiger partial charge in [-0.2, -0.15) is 0 Å². The lowest BCUT2D eigenvalue weighted by Gasteiger charge is -2.19. The normalized spacial score (nSPS) is 13.1. The van der Waals surface area contributed by atoms with Gasteiger partial charge in [0.15, 0.2) is 0 Å². The average Bonchev–Trinajstić information content (AvgIpc) is 3.24. The second kappa shape index (κ2) is 5.85. The largest absolute Gasteiger partial charge is 0.472 e. The Morgan fingerprint density at radius 1 is 1.25 bits per heavy atom. The van der Waals surface area contributed by atoms with Crippen LogP contribution in [0.5, 0.6) is 0 Å². The minimum absolute atomic E-state index is 0.379. The summed E-state index contributed by atoms with van der Waals surface area (Å²) >= 11 is 0. The maximum Gasteiger partial charge on any atom is 0.249 e. The lowest BCUT2D eigenvalue weighted by Crippen LogP contribution is -2.15. The van der Waals surface area contributed by atoms with Crippen LogP contribution in [-0.2, 0) is 12.8 Å². The Bertz CT molecular complexity index is 887. The second-order valence-corrected chi connectivity index (χ2v) is 5.90. The van der Waals surface area contributed by atoms with Gasteiger partial charge in [-0.15, -0.1) is 0 Å². The number of aromatic nitrogens is 1. The molecule has 3 heterocycles. The fraction of sp³-hybridized carbons (Fsp3) is 0.158. The Labute approximate surface area is 139 Å². The van der Waals surface area contributed by atoms with E-state index in [1.807, 2.05) is 30.5 Å². The zero-order valence-corrected chi connectivity index (χ0v) is 13.1. The number of hydrogen-bond acceptors (Lipinski definition) is 4. The highest BCUT2D eigenvalue weighted by molar-refractivity contribution is 5.96. The van der Waals surface area contributed by atoms with Crippen LogP contribution in [0.3, 0.4) is 0 Å². The molecule has 0 bridgehead atoms. The van der Waals surface area contributed by atoms with Crippen LogP contribution in [0.25, 0.3) is 0 Å². The van der Waals surface area contributed by atoms with Crippen LogP contribution in [0.15, 0.2) is 59.5 Å². The van der Waals surface area contributed by atoms with Gasteiger partial charge in [0.1, 0.15) is 5.82 Å². The number of anilines is 2. The van der Waals surface area contributed by atoms with Crippen molar-refractivity contribution in [3.8, 4) is 0 Å². The zero-order valence-electron chi connectivity index (χ0n) is 13.1. The highest BCUT2D eigenvalue weighted by Gasteiger charge is 2.25. The molecular formula is C19H17N3O2. The van der Waals surface area contributed by atoms with E-state index in [2.05, 4.69) is 16.0 Å². The van der Waals surface area contributed by atoms with E-state index in [1.54, 1.807) is 18.6 Å². The Hall–Kier alpha value is -3.08. The molecule has 1 aromatic carbocycles. The number of furan rings is 1. The third-order valence-corrected chi connectivity index (χ3v) is 4.37. The zero-order chi connectivity index (χ0) is 16.5. The van der Waals surface area contributed by atoms with Crippen molar-refractivity contribution in [3.63, 3.8) is 0 Å². The molecule has 0 fully saturated rings. The summed E-state index contributed by atoms with van der Waals surface area (Å²) in [5.74, 6) is 0.506.